The number of halogens is 2. The third kappa shape index (κ3) is 2.96. The van der Waals surface area contributed by atoms with E-state index in [1.807, 2.05) is 0 Å². The molecule has 0 atom stereocenters. The lowest BCUT2D eigenvalue weighted by Gasteiger charge is -2.20. The van der Waals surface area contributed by atoms with E-state index in [2.05, 4.69) is 0 Å². The normalized spacial score (nSPS) is 11.8. The van der Waals surface area contributed by atoms with Crippen molar-refractivity contribution in [3.8, 4) is 0 Å². The molecule has 0 heterocycles. The minimum absolute atomic E-state index is 0.0610. The van der Waals surface area contributed by atoms with Gasteiger partial charge in [0.2, 0.25) is 0 Å². The molecule has 0 saturated carbocycles. The van der Waals surface area contributed by atoms with Gasteiger partial charge < -0.3 is 5.11 Å². The summed E-state index contributed by atoms with van der Waals surface area (Å²) in [6, 6.07) is 3.43. The molecule has 0 radical (unpaired) electrons. The van der Waals surface area contributed by atoms with Crippen molar-refractivity contribution in [2.45, 2.75) is 23.5 Å². The monoisotopic (exact) mass is 218 g/mol. The standard InChI is InChI=1S/C10H12F2OS/c1-10(2,6-13)14-9-4-3-7(11)5-8(9)12/h3-5,13H,6H2,1-2H3. The minimum Gasteiger partial charge on any atom is -0.395 e. The third-order valence-electron chi connectivity index (χ3n) is 1.66. The van der Waals surface area contributed by atoms with E-state index in [1.54, 1.807) is 13.8 Å². The number of benzene rings is 1. The number of rotatable bonds is 3. The first kappa shape index (κ1) is 11.5. The van der Waals surface area contributed by atoms with Crippen LogP contribution in [-0.2, 0) is 0 Å². The summed E-state index contributed by atoms with van der Waals surface area (Å²) >= 11 is 1.19. The van der Waals surface area contributed by atoms with Crippen LogP contribution in [0, 0.1) is 11.6 Å². The largest absolute Gasteiger partial charge is 0.395 e. The highest BCUT2D eigenvalue weighted by molar-refractivity contribution is 8.00. The summed E-state index contributed by atoms with van der Waals surface area (Å²) in [4.78, 5) is 0.352. The Morgan fingerprint density at radius 3 is 2.50 bits per heavy atom. The summed E-state index contributed by atoms with van der Waals surface area (Å²) < 4.78 is 25.3. The second kappa shape index (κ2) is 4.28. The molecule has 0 bridgehead atoms. The maximum atomic E-state index is 13.2. The molecule has 0 aromatic heterocycles. The van der Waals surface area contributed by atoms with Crippen LogP contribution in [0.15, 0.2) is 23.1 Å². The summed E-state index contributed by atoms with van der Waals surface area (Å²) in [7, 11) is 0. The Bertz CT molecular complexity index is 326. The molecular weight excluding hydrogens is 206 g/mol. The minimum atomic E-state index is -0.589. The lowest BCUT2D eigenvalue weighted by molar-refractivity contribution is 0.265. The van der Waals surface area contributed by atoms with Gasteiger partial charge in [-0.1, -0.05) is 0 Å². The van der Waals surface area contributed by atoms with E-state index in [4.69, 9.17) is 5.11 Å². The SMILES string of the molecule is CC(C)(CO)Sc1ccc(F)cc1F. The molecule has 1 rings (SSSR count). The number of aliphatic hydroxyl groups excluding tert-OH is 1. The van der Waals surface area contributed by atoms with Crippen molar-refractivity contribution in [1.82, 2.24) is 0 Å². The maximum absolute atomic E-state index is 13.2. The molecule has 0 amide bonds. The molecule has 1 aromatic carbocycles. The van der Waals surface area contributed by atoms with E-state index in [0.717, 1.165) is 6.07 Å². The molecular formula is C10H12F2OS. The van der Waals surface area contributed by atoms with Gasteiger partial charge in [-0.3, -0.25) is 0 Å². The lowest BCUT2D eigenvalue weighted by Crippen LogP contribution is -2.19. The Morgan fingerprint density at radius 2 is 2.00 bits per heavy atom. The van der Waals surface area contributed by atoms with Gasteiger partial charge in [-0.25, -0.2) is 8.78 Å². The summed E-state index contributed by atoms with van der Waals surface area (Å²) in [5, 5.41) is 8.98. The Morgan fingerprint density at radius 1 is 1.36 bits per heavy atom. The van der Waals surface area contributed by atoms with E-state index >= 15 is 0 Å². The first-order valence-electron chi connectivity index (χ1n) is 4.19. The molecule has 0 aliphatic heterocycles. The average molecular weight is 218 g/mol. The number of hydrogen-bond donors (Lipinski definition) is 1. The first-order chi connectivity index (χ1) is 6.44. The highest BCUT2D eigenvalue weighted by Gasteiger charge is 2.20. The van der Waals surface area contributed by atoms with Crippen molar-refractivity contribution in [3.63, 3.8) is 0 Å². The fourth-order valence-electron chi connectivity index (χ4n) is 0.888. The van der Waals surface area contributed by atoms with Crippen LogP contribution in [0.1, 0.15) is 13.8 Å². The van der Waals surface area contributed by atoms with Gasteiger partial charge >= 0.3 is 0 Å². The van der Waals surface area contributed by atoms with Gasteiger partial charge in [0, 0.05) is 15.7 Å². The van der Waals surface area contributed by atoms with Gasteiger partial charge in [-0.2, -0.15) is 0 Å². The van der Waals surface area contributed by atoms with E-state index in [9.17, 15) is 8.78 Å². The predicted octanol–water partition coefficient (Wildman–Crippen LogP) is 2.83. The van der Waals surface area contributed by atoms with Gasteiger partial charge in [0.25, 0.3) is 0 Å². The lowest BCUT2D eigenvalue weighted by atomic mass is 10.2. The Kier molecular flexibility index (Phi) is 3.50. The van der Waals surface area contributed by atoms with Crippen molar-refractivity contribution < 1.29 is 13.9 Å². The molecule has 78 valence electrons. The quantitative estimate of drug-likeness (QED) is 0.787. The second-order valence-electron chi connectivity index (χ2n) is 3.59. The van der Waals surface area contributed by atoms with Gasteiger partial charge in [0.1, 0.15) is 11.6 Å². The van der Waals surface area contributed by atoms with Crippen LogP contribution in [0.25, 0.3) is 0 Å². The van der Waals surface area contributed by atoms with Crippen LogP contribution in [0.5, 0.6) is 0 Å². The smallest absolute Gasteiger partial charge is 0.139 e. The number of hydrogen-bond acceptors (Lipinski definition) is 2. The summed E-state index contributed by atoms with van der Waals surface area (Å²) in [6.45, 7) is 3.52. The Hall–Kier alpha value is -0.610. The van der Waals surface area contributed by atoms with E-state index in [0.29, 0.717) is 4.90 Å². The molecule has 0 saturated heterocycles. The van der Waals surface area contributed by atoms with E-state index in [-0.39, 0.29) is 6.61 Å². The molecule has 0 spiro atoms. The summed E-state index contributed by atoms with van der Waals surface area (Å²) in [5.41, 5.74) is 0. The second-order valence-corrected chi connectivity index (χ2v) is 5.34. The molecule has 1 nitrogen and oxygen atoms in total. The molecule has 1 aromatic rings. The zero-order valence-electron chi connectivity index (χ0n) is 8.05. The van der Waals surface area contributed by atoms with Gasteiger partial charge in [0.05, 0.1) is 6.61 Å². The van der Waals surface area contributed by atoms with Crippen LogP contribution < -0.4 is 0 Å². The van der Waals surface area contributed by atoms with Crippen LogP contribution >= 0.6 is 11.8 Å². The first-order valence-corrected chi connectivity index (χ1v) is 5.01. The van der Waals surface area contributed by atoms with E-state index in [1.165, 1.54) is 23.9 Å². The van der Waals surface area contributed by atoms with Gasteiger partial charge in [-0.05, 0) is 26.0 Å². The van der Waals surface area contributed by atoms with Gasteiger partial charge in [0.15, 0.2) is 0 Å². The highest BCUT2D eigenvalue weighted by atomic mass is 32.2. The van der Waals surface area contributed by atoms with Crippen LogP contribution in [0.4, 0.5) is 8.78 Å². The Balaban J connectivity index is 2.87. The average Bonchev–Trinajstić information content (AvgIpc) is 2.10. The zero-order valence-corrected chi connectivity index (χ0v) is 8.87. The Labute approximate surface area is 86.1 Å². The van der Waals surface area contributed by atoms with Crippen LogP contribution in [0.3, 0.4) is 0 Å². The molecule has 1 N–H and O–H groups in total. The summed E-state index contributed by atoms with van der Waals surface area (Å²) in [6.07, 6.45) is 0. The summed E-state index contributed by atoms with van der Waals surface area (Å²) in [5.74, 6) is -1.18. The molecule has 0 aliphatic rings. The fourth-order valence-corrected chi connectivity index (χ4v) is 1.84. The van der Waals surface area contributed by atoms with Crippen molar-refractivity contribution >= 4 is 11.8 Å². The highest BCUT2D eigenvalue weighted by Crippen LogP contribution is 2.33. The molecule has 0 fully saturated rings. The predicted molar refractivity (Wildman–Crippen MR) is 53.4 cm³/mol. The van der Waals surface area contributed by atoms with Crippen molar-refractivity contribution in [2.24, 2.45) is 0 Å². The van der Waals surface area contributed by atoms with Gasteiger partial charge in [-0.15, -0.1) is 11.8 Å². The number of thioether (sulfide) groups is 1. The van der Waals surface area contributed by atoms with Crippen molar-refractivity contribution in [1.29, 1.82) is 0 Å². The third-order valence-corrected chi connectivity index (χ3v) is 2.89. The van der Waals surface area contributed by atoms with E-state index < -0.39 is 16.4 Å². The molecule has 0 unspecified atom stereocenters. The van der Waals surface area contributed by atoms with Crippen LogP contribution in [-0.4, -0.2) is 16.5 Å². The molecule has 0 aliphatic carbocycles. The topological polar surface area (TPSA) is 20.2 Å². The van der Waals surface area contributed by atoms with Crippen LogP contribution in [0.2, 0.25) is 0 Å². The molecule has 4 heteroatoms. The fraction of sp³-hybridized carbons (Fsp3) is 0.400. The maximum Gasteiger partial charge on any atom is 0.139 e. The zero-order chi connectivity index (χ0) is 10.8. The molecule has 14 heavy (non-hydrogen) atoms. The van der Waals surface area contributed by atoms with Crippen molar-refractivity contribution in [2.75, 3.05) is 6.61 Å². The number of aliphatic hydroxyl groups is 1. The van der Waals surface area contributed by atoms with Crippen molar-refractivity contribution in [3.05, 3.63) is 29.8 Å².